The van der Waals surface area contributed by atoms with Gasteiger partial charge in [0.25, 0.3) is 17.7 Å². The van der Waals surface area contributed by atoms with E-state index in [1.165, 1.54) is 5.01 Å². The van der Waals surface area contributed by atoms with Crippen molar-refractivity contribution in [2.45, 2.75) is 25.8 Å². The average molecular weight is 488 g/mol. The van der Waals surface area contributed by atoms with Crippen molar-refractivity contribution in [1.82, 2.24) is 10.0 Å². The van der Waals surface area contributed by atoms with Crippen LogP contribution in [0.2, 0.25) is 5.02 Å². The molecule has 0 N–H and O–H groups in total. The lowest BCUT2D eigenvalue weighted by Gasteiger charge is -2.31. The van der Waals surface area contributed by atoms with Crippen LogP contribution in [0.5, 0.6) is 0 Å². The molecule has 1 saturated heterocycles. The second-order valence-corrected chi connectivity index (χ2v) is 9.72. The van der Waals surface area contributed by atoms with E-state index in [-0.39, 0.29) is 47.9 Å². The maximum absolute atomic E-state index is 13.4. The quantitative estimate of drug-likeness (QED) is 0.588. The number of benzene rings is 2. The second-order valence-electron chi connectivity index (χ2n) is 8.37. The van der Waals surface area contributed by atoms with Crippen molar-refractivity contribution < 1.29 is 14.4 Å². The van der Waals surface area contributed by atoms with E-state index in [0.29, 0.717) is 10.6 Å². The first-order valence-corrected chi connectivity index (χ1v) is 11.3. The van der Waals surface area contributed by atoms with Crippen LogP contribution in [0.1, 0.15) is 35.2 Å². The number of hydrazine groups is 1. The number of hydrogen-bond donors (Lipinski definition) is 0. The first-order chi connectivity index (χ1) is 14.4. The van der Waals surface area contributed by atoms with Gasteiger partial charge in [-0.2, -0.15) is 5.01 Å². The molecule has 5 nitrogen and oxygen atoms in total. The van der Waals surface area contributed by atoms with Crippen molar-refractivity contribution in [2.75, 3.05) is 0 Å². The Bertz CT molecular complexity index is 996. The summed E-state index contributed by atoms with van der Waals surface area (Å²) in [5.41, 5.74) is 1.22. The molecular formula is C23H20BrClN2O3. The van der Waals surface area contributed by atoms with E-state index in [4.69, 9.17) is 11.6 Å². The van der Waals surface area contributed by atoms with Gasteiger partial charge in [-0.3, -0.25) is 14.4 Å². The number of fused-ring (bicyclic) bond motifs is 5. The van der Waals surface area contributed by atoms with E-state index in [1.807, 2.05) is 24.3 Å². The largest absolute Gasteiger partial charge is 0.273 e. The highest BCUT2D eigenvalue weighted by Gasteiger charge is 2.62. The smallest absolute Gasteiger partial charge is 0.272 e. The fourth-order valence-electron chi connectivity index (χ4n) is 5.37. The molecule has 4 atom stereocenters. The fraction of sp³-hybridized carbons (Fsp3) is 0.348. The summed E-state index contributed by atoms with van der Waals surface area (Å²) in [5, 5.41) is 2.97. The van der Waals surface area contributed by atoms with Gasteiger partial charge >= 0.3 is 0 Å². The summed E-state index contributed by atoms with van der Waals surface area (Å²) in [6, 6.07) is 14.0. The highest BCUT2D eigenvalue weighted by atomic mass is 79.9. The van der Waals surface area contributed by atoms with Gasteiger partial charge in [-0.1, -0.05) is 39.7 Å². The van der Waals surface area contributed by atoms with Crippen LogP contribution < -0.4 is 0 Å². The van der Waals surface area contributed by atoms with E-state index >= 15 is 0 Å². The van der Waals surface area contributed by atoms with E-state index in [0.717, 1.165) is 34.3 Å². The zero-order valence-electron chi connectivity index (χ0n) is 16.1. The van der Waals surface area contributed by atoms with Crippen LogP contribution >= 0.6 is 27.5 Å². The molecule has 3 fully saturated rings. The summed E-state index contributed by atoms with van der Waals surface area (Å²) in [4.78, 5) is 40.1. The topological polar surface area (TPSA) is 57.7 Å². The number of carbonyl (C=O) groups is 3. The van der Waals surface area contributed by atoms with Crippen LogP contribution in [0, 0.1) is 23.7 Å². The van der Waals surface area contributed by atoms with Crippen LogP contribution in [-0.4, -0.2) is 27.7 Å². The standard InChI is InChI=1S/C23H20BrClN2O3/c24-17-7-1-13(2-8-17)12-26(21(28)14-5-9-18(25)10-6-14)27-22(29)19-15-3-4-16(11-15)20(19)23(27)30/h1-2,5-10,15-16,19-20H,3-4,11-12H2/t15-,16+,19-,20+. The normalized spacial score (nSPS) is 26.9. The van der Waals surface area contributed by atoms with Crippen LogP contribution in [0.15, 0.2) is 53.0 Å². The van der Waals surface area contributed by atoms with Crippen LogP contribution in [-0.2, 0) is 16.1 Å². The maximum atomic E-state index is 13.4. The Morgan fingerprint density at radius 2 is 1.53 bits per heavy atom. The predicted molar refractivity (Wildman–Crippen MR) is 115 cm³/mol. The van der Waals surface area contributed by atoms with Gasteiger partial charge in [-0.25, -0.2) is 5.01 Å². The third-order valence-electron chi connectivity index (χ3n) is 6.72. The van der Waals surface area contributed by atoms with Crippen LogP contribution in [0.25, 0.3) is 0 Å². The summed E-state index contributed by atoms with van der Waals surface area (Å²) >= 11 is 9.38. The lowest BCUT2D eigenvalue weighted by atomic mass is 9.81. The zero-order valence-corrected chi connectivity index (χ0v) is 18.5. The van der Waals surface area contributed by atoms with Gasteiger partial charge in [-0.15, -0.1) is 0 Å². The third-order valence-corrected chi connectivity index (χ3v) is 7.50. The van der Waals surface area contributed by atoms with Crippen LogP contribution in [0.3, 0.4) is 0 Å². The van der Waals surface area contributed by atoms with Gasteiger partial charge in [0.15, 0.2) is 0 Å². The number of halogens is 2. The van der Waals surface area contributed by atoms with Crippen molar-refractivity contribution in [1.29, 1.82) is 0 Å². The molecule has 0 radical (unpaired) electrons. The molecule has 0 unspecified atom stereocenters. The van der Waals surface area contributed by atoms with Gasteiger partial charge in [0.1, 0.15) is 0 Å². The summed E-state index contributed by atoms with van der Waals surface area (Å²) in [6.07, 6.45) is 2.95. The number of imide groups is 1. The minimum absolute atomic E-state index is 0.140. The molecule has 5 rings (SSSR count). The number of carbonyl (C=O) groups excluding carboxylic acids is 3. The highest BCUT2D eigenvalue weighted by molar-refractivity contribution is 9.10. The number of hydrogen-bond acceptors (Lipinski definition) is 3. The molecular weight excluding hydrogens is 468 g/mol. The van der Waals surface area contributed by atoms with E-state index in [9.17, 15) is 14.4 Å². The number of rotatable bonds is 4. The lowest BCUT2D eigenvalue weighted by molar-refractivity contribution is -0.156. The Labute approximate surface area is 188 Å². The van der Waals surface area contributed by atoms with Gasteiger partial charge < -0.3 is 0 Å². The molecule has 30 heavy (non-hydrogen) atoms. The van der Waals surface area contributed by atoms with Crippen molar-refractivity contribution in [3.05, 3.63) is 69.2 Å². The molecule has 2 bridgehead atoms. The second kappa shape index (κ2) is 7.50. The predicted octanol–water partition coefficient (Wildman–Crippen LogP) is 4.69. The molecule has 2 saturated carbocycles. The molecule has 2 aliphatic carbocycles. The molecule has 1 aliphatic heterocycles. The zero-order chi connectivity index (χ0) is 21.0. The van der Waals surface area contributed by atoms with E-state index < -0.39 is 0 Å². The average Bonchev–Trinajstić information content (AvgIpc) is 3.42. The van der Waals surface area contributed by atoms with Gasteiger partial charge in [0.2, 0.25) is 0 Å². The summed E-state index contributed by atoms with van der Waals surface area (Å²) < 4.78 is 0.918. The molecule has 0 spiro atoms. The van der Waals surface area contributed by atoms with Crippen molar-refractivity contribution >= 4 is 45.3 Å². The van der Waals surface area contributed by atoms with Crippen molar-refractivity contribution in [3.8, 4) is 0 Å². The van der Waals surface area contributed by atoms with Gasteiger partial charge in [0.05, 0.1) is 18.4 Å². The first kappa shape index (κ1) is 19.8. The van der Waals surface area contributed by atoms with Gasteiger partial charge in [0, 0.05) is 15.1 Å². The minimum Gasteiger partial charge on any atom is -0.272 e. The summed E-state index contributed by atoms with van der Waals surface area (Å²) in [6.45, 7) is 0.140. The SMILES string of the molecule is O=C(c1ccc(Cl)cc1)N(Cc1ccc(Br)cc1)N1C(=O)[C@@H]2[C@@H]3CC[C@@H](C3)[C@@H]2C1=O. The number of amides is 3. The van der Waals surface area contributed by atoms with Gasteiger partial charge in [-0.05, 0) is 73.1 Å². The third kappa shape index (κ3) is 3.17. The van der Waals surface area contributed by atoms with Crippen molar-refractivity contribution in [2.24, 2.45) is 23.7 Å². The lowest BCUT2D eigenvalue weighted by Crippen LogP contribution is -2.50. The maximum Gasteiger partial charge on any atom is 0.273 e. The Morgan fingerprint density at radius 3 is 2.10 bits per heavy atom. The Kier molecular flexibility index (Phi) is 4.94. The molecule has 2 aromatic carbocycles. The first-order valence-electron chi connectivity index (χ1n) is 10.1. The summed E-state index contributed by atoms with van der Waals surface area (Å²) in [7, 11) is 0. The Balaban J connectivity index is 1.51. The van der Waals surface area contributed by atoms with E-state index in [1.54, 1.807) is 24.3 Å². The molecule has 2 aromatic rings. The fourth-order valence-corrected chi connectivity index (χ4v) is 5.76. The Hall–Kier alpha value is -2.18. The monoisotopic (exact) mass is 486 g/mol. The molecule has 0 aromatic heterocycles. The highest BCUT2D eigenvalue weighted by Crippen LogP contribution is 2.56. The molecule has 7 heteroatoms. The molecule has 1 heterocycles. The minimum atomic E-state index is -0.386. The van der Waals surface area contributed by atoms with Crippen LogP contribution in [0.4, 0.5) is 0 Å². The Morgan fingerprint density at radius 1 is 0.967 bits per heavy atom. The van der Waals surface area contributed by atoms with E-state index in [2.05, 4.69) is 15.9 Å². The summed E-state index contributed by atoms with van der Waals surface area (Å²) in [5.74, 6) is -0.858. The molecule has 3 aliphatic rings. The van der Waals surface area contributed by atoms with Crippen molar-refractivity contribution in [3.63, 3.8) is 0 Å². The molecule has 3 amide bonds. The number of nitrogens with zero attached hydrogens (tertiary/aromatic N) is 2. The molecule has 154 valence electrons.